The van der Waals surface area contributed by atoms with Crippen molar-refractivity contribution >= 4 is 5.91 Å². The highest BCUT2D eigenvalue weighted by Crippen LogP contribution is 2.41. The van der Waals surface area contributed by atoms with Crippen LogP contribution in [-0.2, 0) is 24.3 Å². The SMILES string of the molecule is CNC(=O)C(C)(C)Cn1c(C2CC2)nc2c1CCNC2. The number of amides is 1. The number of hydrogen-bond donors (Lipinski definition) is 2. The Hall–Kier alpha value is -1.36. The molecule has 2 heterocycles. The average Bonchev–Trinajstić information content (AvgIpc) is 3.22. The fourth-order valence-corrected chi connectivity index (χ4v) is 3.03. The summed E-state index contributed by atoms with van der Waals surface area (Å²) in [6.07, 6.45) is 3.49. The monoisotopic (exact) mass is 276 g/mol. The lowest BCUT2D eigenvalue weighted by molar-refractivity contribution is -0.129. The molecule has 1 aromatic heterocycles. The lowest BCUT2D eigenvalue weighted by Crippen LogP contribution is -2.38. The van der Waals surface area contributed by atoms with Crippen molar-refractivity contribution in [1.82, 2.24) is 20.2 Å². The van der Waals surface area contributed by atoms with E-state index in [1.165, 1.54) is 30.1 Å². The smallest absolute Gasteiger partial charge is 0.227 e. The highest BCUT2D eigenvalue weighted by molar-refractivity contribution is 5.81. The quantitative estimate of drug-likeness (QED) is 0.868. The molecule has 20 heavy (non-hydrogen) atoms. The number of nitrogens with zero attached hydrogens (tertiary/aromatic N) is 2. The van der Waals surface area contributed by atoms with E-state index in [4.69, 9.17) is 4.98 Å². The number of hydrogen-bond acceptors (Lipinski definition) is 3. The number of fused-ring (bicyclic) bond motifs is 1. The van der Waals surface area contributed by atoms with Crippen LogP contribution >= 0.6 is 0 Å². The molecule has 0 atom stereocenters. The van der Waals surface area contributed by atoms with Crippen LogP contribution in [0.1, 0.15) is 49.8 Å². The zero-order valence-electron chi connectivity index (χ0n) is 12.6. The van der Waals surface area contributed by atoms with Crippen LogP contribution in [0.5, 0.6) is 0 Å². The molecule has 0 saturated heterocycles. The summed E-state index contributed by atoms with van der Waals surface area (Å²) in [5, 5.41) is 6.16. The van der Waals surface area contributed by atoms with Crippen molar-refractivity contribution in [2.75, 3.05) is 13.6 Å². The normalized spacial score (nSPS) is 18.8. The summed E-state index contributed by atoms with van der Waals surface area (Å²) in [5.41, 5.74) is 2.12. The summed E-state index contributed by atoms with van der Waals surface area (Å²) in [4.78, 5) is 16.9. The average molecular weight is 276 g/mol. The Morgan fingerprint density at radius 3 is 2.90 bits per heavy atom. The van der Waals surface area contributed by atoms with Crippen molar-refractivity contribution in [3.05, 3.63) is 17.2 Å². The molecule has 0 unspecified atom stereocenters. The summed E-state index contributed by atoms with van der Waals surface area (Å²) in [5.74, 6) is 1.91. The van der Waals surface area contributed by atoms with Crippen molar-refractivity contribution in [3.8, 4) is 0 Å². The lowest BCUT2D eigenvalue weighted by Gasteiger charge is -2.26. The van der Waals surface area contributed by atoms with Gasteiger partial charge in [-0.1, -0.05) is 0 Å². The molecule has 3 rings (SSSR count). The Morgan fingerprint density at radius 2 is 2.25 bits per heavy atom. The number of nitrogens with one attached hydrogen (secondary N) is 2. The van der Waals surface area contributed by atoms with Gasteiger partial charge in [0, 0.05) is 44.7 Å². The number of rotatable bonds is 4. The minimum Gasteiger partial charge on any atom is -0.359 e. The molecule has 1 aliphatic carbocycles. The first-order valence-electron chi connectivity index (χ1n) is 7.54. The fraction of sp³-hybridized carbons (Fsp3) is 0.733. The predicted octanol–water partition coefficient (Wildman–Crippen LogP) is 1.18. The van der Waals surface area contributed by atoms with Crippen molar-refractivity contribution in [1.29, 1.82) is 0 Å². The highest BCUT2D eigenvalue weighted by Gasteiger charge is 2.35. The first-order chi connectivity index (χ1) is 9.53. The van der Waals surface area contributed by atoms with Gasteiger partial charge < -0.3 is 15.2 Å². The van der Waals surface area contributed by atoms with Gasteiger partial charge in [0.25, 0.3) is 0 Å². The molecular weight excluding hydrogens is 252 g/mol. The van der Waals surface area contributed by atoms with Crippen molar-refractivity contribution in [2.24, 2.45) is 5.41 Å². The van der Waals surface area contributed by atoms with Crippen LogP contribution in [0.4, 0.5) is 0 Å². The van der Waals surface area contributed by atoms with E-state index in [2.05, 4.69) is 15.2 Å². The number of carbonyl (C=O) groups is 1. The van der Waals surface area contributed by atoms with E-state index in [9.17, 15) is 4.79 Å². The number of aromatic nitrogens is 2. The molecule has 5 heteroatoms. The van der Waals surface area contributed by atoms with Crippen LogP contribution in [0.15, 0.2) is 0 Å². The van der Waals surface area contributed by atoms with Gasteiger partial charge in [-0.2, -0.15) is 0 Å². The summed E-state index contributed by atoms with van der Waals surface area (Å²) in [6, 6.07) is 0. The molecular formula is C15H24N4O. The van der Waals surface area contributed by atoms with E-state index < -0.39 is 5.41 Å². The van der Waals surface area contributed by atoms with Crippen molar-refractivity contribution in [2.45, 2.75) is 52.1 Å². The molecule has 5 nitrogen and oxygen atoms in total. The molecule has 1 aromatic rings. The molecule has 2 N–H and O–H groups in total. The Morgan fingerprint density at radius 1 is 1.50 bits per heavy atom. The second kappa shape index (κ2) is 4.88. The highest BCUT2D eigenvalue weighted by atomic mass is 16.2. The van der Waals surface area contributed by atoms with E-state index in [0.29, 0.717) is 5.92 Å². The van der Waals surface area contributed by atoms with Crippen LogP contribution in [0.3, 0.4) is 0 Å². The van der Waals surface area contributed by atoms with E-state index in [1.54, 1.807) is 7.05 Å². The van der Waals surface area contributed by atoms with Crippen LogP contribution in [-0.4, -0.2) is 29.1 Å². The molecule has 1 saturated carbocycles. The van der Waals surface area contributed by atoms with Gasteiger partial charge in [0.2, 0.25) is 5.91 Å². The van der Waals surface area contributed by atoms with Gasteiger partial charge in [-0.05, 0) is 26.7 Å². The zero-order chi connectivity index (χ0) is 14.3. The minimum atomic E-state index is -0.405. The van der Waals surface area contributed by atoms with Crippen LogP contribution in [0, 0.1) is 5.41 Å². The van der Waals surface area contributed by atoms with Crippen LogP contribution in [0.2, 0.25) is 0 Å². The van der Waals surface area contributed by atoms with Crippen LogP contribution < -0.4 is 10.6 Å². The van der Waals surface area contributed by atoms with Gasteiger partial charge in [-0.15, -0.1) is 0 Å². The van der Waals surface area contributed by atoms with Crippen molar-refractivity contribution in [3.63, 3.8) is 0 Å². The standard InChI is InChI=1S/C15H24N4O/c1-15(2,14(20)16-3)9-19-12-6-7-17-8-11(12)18-13(19)10-4-5-10/h10,17H,4-9H2,1-3H3,(H,16,20). The fourth-order valence-electron chi connectivity index (χ4n) is 3.03. The van der Waals surface area contributed by atoms with Gasteiger partial charge in [0.1, 0.15) is 5.82 Å². The third-order valence-corrected chi connectivity index (χ3v) is 4.35. The topological polar surface area (TPSA) is 59.0 Å². The Labute approximate surface area is 120 Å². The molecule has 0 spiro atoms. The lowest BCUT2D eigenvalue weighted by atomic mass is 9.91. The van der Waals surface area contributed by atoms with E-state index in [0.717, 1.165) is 26.1 Å². The van der Waals surface area contributed by atoms with Gasteiger partial charge >= 0.3 is 0 Å². The number of imidazole rings is 1. The maximum absolute atomic E-state index is 12.1. The van der Waals surface area contributed by atoms with Gasteiger partial charge in [-0.3, -0.25) is 4.79 Å². The van der Waals surface area contributed by atoms with E-state index in [1.807, 2.05) is 13.8 Å². The van der Waals surface area contributed by atoms with Crippen LogP contribution in [0.25, 0.3) is 0 Å². The summed E-state index contributed by atoms with van der Waals surface area (Å²) < 4.78 is 2.34. The largest absolute Gasteiger partial charge is 0.359 e. The molecule has 0 bridgehead atoms. The van der Waals surface area contributed by atoms with Crippen molar-refractivity contribution < 1.29 is 4.79 Å². The maximum Gasteiger partial charge on any atom is 0.227 e. The second-order valence-electron chi connectivity index (χ2n) is 6.61. The van der Waals surface area contributed by atoms with Gasteiger partial charge in [0.05, 0.1) is 11.1 Å². The summed E-state index contributed by atoms with van der Waals surface area (Å²) >= 11 is 0. The Kier molecular flexibility index (Phi) is 3.32. The first-order valence-corrected chi connectivity index (χ1v) is 7.54. The van der Waals surface area contributed by atoms with E-state index in [-0.39, 0.29) is 5.91 Å². The molecule has 1 fully saturated rings. The maximum atomic E-state index is 12.1. The van der Waals surface area contributed by atoms with E-state index >= 15 is 0 Å². The second-order valence-corrected chi connectivity index (χ2v) is 6.61. The Bertz CT molecular complexity index is 528. The summed E-state index contributed by atoms with van der Waals surface area (Å²) in [6.45, 7) is 6.61. The molecule has 2 aliphatic rings. The molecule has 0 radical (unpaired) electrons. The Balaban J connectivity index is 1.95. The predicted molar refractivity (Wildman–Crippen MR) is 77.5 cm³/mol. The number of carbonyl (C=O) groups excluding carboxylic acids is 1. The third-order valence-electron chi connectivity index (χ3n) is 4.35. The molecule has 110 valence electrons. The zero-order valence-corrected chi connectivity index (χ0v) is 12.6. The summed E-state index contributed by atoms with van der Waals surface area (Å²) in [7, 11) is 1.71. The third kappa shape index (κ3) is 2.35. The molecule has 0 aromatic carbocycles. The molecule has 1 amide bonds. The molecule has 1 aliphatic heterocycles. The first kappa shape index (κ1) is 13.6. The van der Waals surface area contributed by atoms with Gasteiger partial charge in [-0.25, -0.2) is 4.98 Å². The van der Waals surface area contributed by atoms with Gasteiger partial charge in [0.15, 0.2) is 0 Å². The minimum absolute atomic E-state index is 0.0932.